The highest BCUT2D eigenvalue weighted by molar-refractivity contribution is 5.80. The highest BCUT2D eigenvalue weighted by atomic mass is 16.6. The van der Waals surface area contributed by atoms with E-state index in [-0.39, 0.29) is 18.2 Å². The van der Waals surface area contributed by atoms with Gasteiger partial charge in [-0.3, -0.25) is 9.80 Å². The molecule has 2 aliphatic rings. The Morgan fingerprint density at radius 3 is 1.98 bits per heavy atom. The lowest BCUT2D eigenvalue weighted by molar-refractivity contribution is 0.0214. The van der Waals surface area contributed by atoms with Gasteiger partial charge >= 0.3 is 12.2 Å². The number of hydrogen-bond acceptors (Lipinski definition) is 6. The van der Waals surface area contributed by atoms with Gasteiger partial charge in [-0.1, -0.05) is 62.4 Å². The van der Waals surface area contributed by atoms with Crippen LogP contribution in [0.1, 0.15) is 71.2 Å². The zero-order valence-corrected chi connectivity index (χ0v) is 27.9. The first-order valence-electron chi connectivity index (χ1n) is 16.5. The van der Waals surface area contributed by atoms with Crippen LogP contribution in [-0.4, -0.2) is 70.7 Å². The maximum absolute atomic E-state index is 13.0. The minimum absolute atomic E-state index is 0.188. The Bertz CT molecular complexity index is 1960. The molecule has 2 fully saturated rings. The molecule has 48 heavy (non-hydrogen) atoms. The van der Waals surface area contributed by atoms with Gasteiger partial charge in [0.25, 0.3) is 0 Å². The fourth-order valence-electron chi connectivity index (χ4n) is 6.92. The lowest BCUT2D eigenvalue weighted by Crippen LogP contribution is -2.37. The molecular weight excluding hydrogens is 606 g/mol. The van der Waals surface area contributed by atoms with Crippen molar-refractivity contribution in [3.8, 4) is 33.5 Å². The summed E-state index contributed by atoms with van der Waals surface area (Å²) in [6, 6.07) is 18.2. The minimum atomic E-state index is -0.910. The number of aromatic nitrogens is 5. The Morgan fingerprint density at radius 2 is 1.38 bits per heavy atom. The smallest absolute Gasteiger partial charge is 0.410 e. The number of carboxylic acid groups (broad SMARTS) is 1. The number of rotatable bonds is 5. The molecule has 0 spiro atoms. The van der Waals surface area contributed by atoms with Crippen molar-refractivity contribution in [2.45, 2.75) is 65.1 Å². The number of benzene rings is 2. The van der Waals surface area contributed by atoms with E-state index in [2.05, 4.69) is 65.2 Å². The van der Waals surface area contributed by atoms with Gasteiger partial charge in [0.1, 0.15) is 22.8 Å². The number of amides is 2. The van der Waals surface area contributed by atoms with E-state index in [0.29, 0.717) is 36.4 Å². The van der Waals surface area contributed by atoms with Gasteiger partial charge in [-0.2, -0.15) is 0 Å². The molecule has 0 aliphatic carbocycles. The zero-order valence-electron chi connectivity index (χ0n) is 27.9. The summed E-state index contributed by atoms with van der Waals surface area (Å²) in [6.07, 6.45) is 4.03. The van der Waals surface area contributed by atoms with E-state index < -0.39 is 11.7 Å². The van der Waals surface area contributed by atoms with E-state index in [1.807, 2.05) is 51.4 Å². The molecular formula is C37H41N7O4. The summed E-state index contributed by atoms with van der Waals surface area (Å²) in [6.45, 7) is 11.0. The number of pyridine rings is 1. The number of carbonyl (C=O) groups is 2. The van der Waals surface area contributed by atoms with E-state index in [4.69, 9.17) is 14.7 Å². The van der Waals surface area contributed by atoms with Gasteiger partial charge < -0.3 is 19.8 Å². The van der Waals surface area contributed by atoms with Crippen LogP contribution in [0.3, 0.4) is 0 Å². The van der Waals surface area contributed by atoms with Crippen LogP contribution >= 0.6 is 0 Å². The molecule has 248 valence electrons. The van der Waals surface area contributed by atoms with Crippen LogP contribution in [0, 0.1) is 11.8 Å². The molecule has 3 N–H and O–H groups in total. The fourth-order valence-corrected chi connectivity index (χ4v) is 6.92. The molecule has 2 aromatic carbocycles. The first-order chi connectivity index (χ1) is 22.9. The van der Waals surface area contributed by atoms with Gasteiger partial charge in [0.05, 0.1) is 17.8 Å². The summed E-state index contributed by atoms with van der Waals surface area (Å²) < 4.78 is 5.68. The molecule has 3 aromatic heterocycles. The summed E-state index contributed by atoms with van der Waals surface area (Å²) in [5.74, 6) is 2.05. The van der Waals surface area contributed by atoms with Crippen molar-refractivity contribution in [2.75, 3.05) is 13.1 Å². The topological polar surface area (TPSA) is 140 Å². The van der Waals surface area contributed by atoms with Crippen LogP contribution in [0.4, 0.5) is 9.59 Å². The molecule has 11 heteroatoms. The third-order valence-electron chi connectivity index (χ3n) is 9.21. The van der Waals surface area contributed by atoms with Crippen molar-refractivity contribution in [3.05, 3.63) is 78.6 Å². The van der Waals surface area contributed by atoms with Crippen molar-refractivity contribution in [2.24, 2.45) is 11.8 Å². The van der Waals surface area contributed by atoms with E-state index in [1.165, 1.54) is 4.90 Å². The monoisotopic (exact) mass is 647 g/mol. The number of carbonyl (C=O) groups excluding carboxylic acids is 1. The summed E-state index contributed by atoms with van der Waals surface area (Å²) >= 11 is 0. The molecule has 4 atom stereocenters. The van der Waals surface area contributed by atoms with E-state index in [9.17, 15) is 14.7 Å². The van der Waals surface area contributed by atoms with Gasteiger partial charge in [0.15, 0.2) is 5.65 Å². The predicted molar refractivity (Wildman–Crippen MR) is 183 cm³/mol. The van der Waals surface area contributed by atoms with Gasteiger partial charge in [-0.15, -0.1) is 0 Å². The summed E-state index contributed by atoms with van der Waals surface area (Å²) in [7, 11) is 0. The zero-order chi connectivity index (χ0) is 33.7. The molecule has 5 heterocycles. The Kier molecular flexibility index (Phi) is 7.93. The molecule has 5 aromatic rings. The molecule has 7 rings (SSSR count). The molecule has 2 saturated heterocycles. The normalized spacial score (nSPS) is 21.3. The average Bonchev–Trinajstić information content (AvgIpc) is 3.85. The number of hydrogen-bond donors (Lipinski definition) is 3. The maximum Gasteiger partial charge on any atom is 0.410 e. The quantitative estimate of drug-likeness (QED) is 0.175. The van der Waals surface area contributed by atoms with E-state index in [1.54, 1.807) is 4.90 Å². The first-order valence-corrected chi connectivity index (χ1v) is 16.5. The number of likely N-dealkylation sites (tertiary alicyclic amines) is 2. The number of nitrogens with zero attached hydrogens (tertiary/aromatic N) is 5. The summed E-state index contributed by atoms with van der Waals surface area (Å²) in [5, 5.41) is 9.61. The Morgan fingerprint density at radius 1 is 0.812 bits per heavy atom. The van der Waals surface area contributed by atoms with E-state index in [0.717, 1.165) is 57.7 Å². The number of nitrogens with one attached hydrogen (secondary N) is 2. The number of ether oxygens (including phenoxy) is 1. The molecule has 0 unspecified atom stereocenters. The van der Waals surface area contributed by atoms with Crippen LogP contribution in [0.25, 0.3) is 44.7 Å². The third kappa shape index (κ3) is 6.24. The molecule has 2 aliphatic heterocycles. The second-order valence-corrected chi connectivity index (χ2v) is 14.3. The van der Waals surface area contributed by atoms with Gasteiger partial charge in [-0.25, -0.2) is 24.5 Å². The predicted octanol–water partition coefficient (Wildman–Crippen LogP) is 8.06. The minimum Gasteiger partial charge on any atom is -0.465 e. The van der Waals surface area contributed by atoms with Crippen LogP contribution in [0.2, 0.25) is 0 Å². The highest BCUT2D eigenvalue weighted by Crippen LogP contribution is 2.37. The van der Waals surface area contributed by atoms with E-state index >= 15 is 0 Å². The Balaban J connectivity index is 1.05. The summed E-state index contributed by atoms with van der Waals surface area (Å²) in [5.41, 5.74) is 6.78. The molecule has 11 nitrogen and oxygen atoms in total. The second-order valence-electron chi connectivity index (χ2n) is 14.3. The number of fused-ring (bicyclic) bond motifs is 1. The maximum atomic E-state index is 13.0. The Labute approximate surface area is 279 Å². The van der Waals surface area contributed by atoms with Crippen molar-refractivity contribution < 1.29 is 19.4 Å². The third-order valence-corrected chi connectivity index (χ3v) is 9.21. The first kappa shape index (κ1) is 31.4. The van der Waals surface area contributed by atoms with Gasteiger partial charge in [0, 0.05) is 36.6 Å². The number of imidazole rings is 2. The number of aromatic amines is 2. The van der Waals surface area contributed by atoms with Crippen molar-refractivity contribution in [1.82, 2.24) is 34.7 Å². The van der Waals surface area contributed by atoms with Gasteiger partial charge in [-0.05, 0) is 68.2 Å². The van der Waals surface area contributed by atoms with Crippen LogP contribution in [0.15, 0.2) is 67.0 Å². The molecule has 0 radical (unpaired) electrons. The largest absolute Gasteiger partial charge is 0.465 e. The van der Waals surface area contributed by atoms with Crippen molar-refractivity contribution in [1.29, 1.82) is 0 Å². The SMILES string of the molecule is C[C@H]1C[C@H](c2nc3cc(-c4ccc(-c5ccc(-c6c[nH]c([C@@H]7C[C@H](C)CN7C(=O)O)n6)cc5)cc4)cnc3[nH]2)N(C(=O)OC(C)(C)C)C1. The van der Waals surface area contributed by atoms with Crippen LogP contribution in [0.5, 0.6) is 0 Å². The van der Waals surface area contributed by atoms with Crippen LogP contribution in [-0.2, 0) is 4.74 Å². The lowest BCUT2D eigenvalue weighted by atomic mass is 10.00. The lowest BCUT2D eigenvalue weighted by Gasteiger charge is -2.27. The average molecular weight is 648 g/mol. The molecule has 2 amide bonds. The highest BCUT2D eigenvalue weighted by Gasteiger charge is 2.39. The Hall–Kier alpha value is -5.19. The fraction of sp³-hybridized carbons (Fsp3) is 0.378. The molecule has 0 saturated carbocycles. The number of H-pyrrole nitrogens is 2. The standard InChI is InChI=1S/C37H41N7O4/c1-21-14-30(43(19-21)35(45)46)33-39-18-29(41-33)26-12-10-24(11-13-26)23-6-8-25(9-7-23)27-16-28-32(38-17-27)42-34(40-28)31-15-22(2)20-44(31)36(47)48-37(3,4)5/h6-13,16-18,21-22,30-31H,14-15,19-20H2,1-5H3,(H,39,41)(H,45,46)(H,38,40,42)/t21-,22-,30-,31+/m0/s1. The van der Waals surface area contributed by atoms with Crippen LogP contribution < -0.4 is 0 Å². The van der Waals surface area contributed by atoms with Crippen molar-refractivity contribution >= 4 is 23.4 Å². The van der Waals surface area contributed by atoms with Crippen molar-refractivity contribution in [3.63, 3.8) is 0 Å². The van der Waals surface area contributed by atoms with Gasteiger partial charge in [0.2, 0.25) is 0 Å². The summed E-state index contributed by atoms with van der Waals surface area (Å²) in [4.78, 5) is 48.8. The molecule has 0 bridgehead atoms. The second kappa shape index (κ2) is 12.1.